The summed E-state index contributed by atoms with van der Waals surface area (Å²) in [6.45, 7) is 2.71. The monoisotopic (exact) mass is 483 g/mol. The number of likely N-dealkylation sites (N-methyl/N-ethyl adjacent to an activating group) is 1. The Bertz CT molecular complexity index is 1280. The first kappa shape index (κ1) is 23.2. The SMILES string of the molecule is CC(=O)c1ccc(S(=O)(=O)N(C)CC(=O)Nc2ccccc2N2CCc3sccc3C2)cc1. The van der Waals surface area contributed by atoms with Crippen molar-refractivity contribution in [2.45, 2.75) is 24.8 Å². The molecule has 0 spiro atoms. The number of rotatable bonds is 7. The smallest absolute Gasteiger partial charge is 0.243 e. The molecule has 0 atom stereocenters. The van der Waals surface area contributed by atoms with Gasteiger partial charge in [0.15, 0.2) is 5.78 Å². The van der Waals surface area contributed by atoms with Crippen LogP contribution >= 0.6 is 11.3 Å². The number of nitrogens with zero attached hydrogens (tertiary/aromatic N) is 2. The quantitative estimate of drug-likeness (QED) is 0.517. The number of amides is 1. The summed E-state index contributed by atoms with van der Waals surface area (Å²) in [5.74, 6) is -0.573. The van der Waals surface area contributed by atoms with Crippen molar-refractivity contribution in [3.63, 3.8) is 0 Å². The Hall–Kier alpha value is -3.01. The number of fused-ring (bicyclic) bond motifs is 1. The zero-order valence-corrected chi connectivity index (χ0v) is 20.1. The fraction of sp³-hybridized carbons (Fsp3) is 0.250. The van der Waals surface area contributed by atoms with Gasteiger partial charge in [0.2, 0.25) is 15.9 Å². The number of carbonyl (C=O) groups excluding carboxylic acids is 2. The molecule has 3 aromatic rings. The molecule has 0 unspecified atom stereocenters. The summed E-state index contributed by atoms with van der Waals surface area (Å²) in [6.07, 6.45) is 0.957. The average Bonchev–Trinajstić information content (AvgIpc) is 3.27. The van der Waals surface area contributed by atoms with Gasteiger partial charge in [-0.05, 0) is 54.6 Å². The van der Waals surface area contributed by atoms with Crippen molar-refractivity contribution >= 4 is 44.4 Å². The number of hydrogen-bond donors (Lipinski definition) is 1. The number of Topliss-reactive ketones (excluding diaryl/α,β-unsaturated/α-hetero) is 1. The Balaban J connectivity index is 1.45. The van der Waals surface area contributed by atoms with Crippen LogP contribution in [0.15, 0.2) is 64.9 Å². The first-order chi connectivity index (χ1) is 15.8. The van der Waals surface area contributed by atoms with Crippen LogP contribution in [0, 0.1) is 0 Å². The Kier molecular flexibility index (Phi) is 6.64. The summed E-state index contributed by atoms with van der Waals surface area (Å²) in [6, 6.07) is 15.4. The lowest BCUT2D eigenvalue weighted by molar-refractivity contribution is -0.116. The molecule has 1 aliphatic heterocycles. The van der Waals surface area contributed by atoms with Gasteiger partial charge in [0, 0.05) is 30.6 Å². The molecule has 2 aromatic carbocycles. The summed E-state index contributed by atoms with van der Waals surface area (Å²) < 4.78 is 26.7. The minimum atomic E-state index is -3.87. The van der Waals surface area contributed by atoms with Gasteiger partial charge in [-0.2, -0.15) is 4.31 Å². The van der Waals surface area contributed by atoms with E-state index in [2.05, 4.69) is 21.7 Å². The van der Waals surface area contributed by atoms with E-state index in [1.165, 1.54) is 48.7 Å². The number of benzene rings is 2. The number of carbonyl (C=O) groups is 2. The third-order valence-electron chi connectivity index (χ3n) is 5.66. The van der Waals surface area contributed by atoms with Crippen LogP contribution in [-0.2, 0) is 27.8 Å². The molecule has 1 aliphatic rings. The third kappa shape index (κ3) is 5.00. The van der Waals surface area contributed by atoms with Gasteiger partial charge in [0.1, 0.15) is 0 Å². The van der Waals surface area contributed by atoms with Gasteiger partial charge >= 0.3 is 0 Å². The number of sulfonamides is 1. The molecule has 33 heavy (non-hydrogen) atoms. The van der Waals surface area contributed by atoms with Crippen molar-refractivity contribution in [2.75, 3.05) is 30.4 Å². The molecular weight excluding hydrogens is 458 g/mol. The second kappa shape index (κ2) is 9.46. The van der Waals surface area contributed by atoms with Crippen LogP contribution in [0.4, 0.5) is 11.4 Å². The van der Waals surface area contributed by atoms with E-state index < -0.39 is 15.9 Å². The van der Waals surface area contributed by atoms with Gasteiger partial charge in [-0.1, -0.05) is 24.3 Å². The lowest BCUT2D eigenvalue weighted by Gasteiger charge is -2.30. The predicted molar refractivity (Wildman–Crippen MR) is 130 cm³/mol. The Labute approximate surface area is 197 Å². The summed E-state index contributed by atoms with van der Waals surface area (Å²) in [7, 11) is -2.51. The van der Waals surface area contributed by atoms with Crippen LogP contribution < -0.4 is 10.2 Å². The van der Waals surface area contributed by atoms with Gasteiger partial charge in [-0.25, -0.2) is 8.42 Å². The van der Waals surface area contributed by atoms with Gasteiger partial charge in [-0.3, -0.25) is 9.59 Å². The molecule has 0 fully saturated rings. The van der Waals surface area contributed by atoms with Crippen molar-refractivity contribution in [2.24, 2.45) is 0 Å². The van der Waals surface area contributed by atoms with Crippen molar-refractivity contribution < 1.29 is 18.0 Å². The fourth-order valence-electron chi connectivity index (χ4n) is 3.83. The molecule has 0 saturated carbocycles. The first-order valence-corrected chi connectivity index (χ1v) is 12.8. The van der Waals surface area contributed by atoms with Crippen molar-refractivity contribution in [1.29, 1.82) is 0 Å². The largest absolute Gasteiger partial charge is 0.365 e. The summed E-state index contributed by atoms with van der Waals surface area (Å²) >= 11 is 1.77. The Morgan fingerprint density at radius 1 is 1.09 bits per heavy atom. The van der Waals surface area contributed by atoms with Crippen LogP contribution in [0.2, 0.25) is 0 Å². The summed E-state index contributed by atoms with van der Waals surface area (Å²) in [4.78, 5) is 27.8. The van der Waals surface area contributed by atoms with Gasteiger partial charge < -0.3 is 10.2 Å². The second-order valence-electron chi connectivity index (χ2n) is 7.95. The molecule has 172 valence electrons. The van der Waals surface area contributed by atoms with E-state index in [1.807, 2.05) is 24.3 Å². The third-order valence-corrected chi connectivity index (χ3v) is 8.50. The molecular formula is C24H25N3O4S2. The minimum Gasteiger partial charge on any atom is -0.365 e. The van der Waals surface area contributed by atoms with Crippen LogP contribution in [0.1, 0.15) is 27.7 Å². The summed E-state index contributed by atoms with van der Waals surface area (Å²) in [5, 5.41) is 4.98. The second-order valence-corrected chi connectivity index (χ2v) is 11.0. The normalized spacial score (nSPS) is 13.6. The first-order valence-electron chi connectivity index (χ1n) is 10.5. The topological polar surface area (TPSA) is 86.8 Å². The molecule has 0 aliphatic carbocycles. The number of para-hydroxylation sites is 2. The lowest BCUT2D eigenvalue weighted by Crippen LogP contribution is -2.35. The highest BCUT2D eigenvalue weighted by molar-refractivity contribution is 7.89. The van der Waals surface area contributed by atoms with Crippen LogP contribution in [0.25, 0.3) is 0 Å². The Morgan fingerprint density at radius 2 is 1.82 bits per heavy atom. The van der Waals surface area contributed by atoms with Gasteiger partial charge in [0.05, 0.1) is 22.8 Å². The highest BCUT2D eigenvalue weighted by atomic mass is 32.2. The van der Waals surface area contributed by atoms with Crippen molar-refractivity contribution in [3.05, 3.63) is 76.0 Å². The number of thiophene rings is 1. The average molecular weight is 484 g/mol. The molecule has 1 aromatic heterocycles. The predicted octanol–water partition coefficient (Wildman–Crippen LogP) is 3.77. The zero-order chi connectivity index (χ0) is 23.6. The van der Waals surface area contributed by atoms with Crippen molar-refractivity contribution in [1.82, 2.24) is 4.31 Å². The molecule has 0 bridgehead atoms. The van der Waals surface area contributed by atoms with E-state index in [0.717, 1.165) is 29.5 Å². The fourth-order valence-corrected chi connectivity index (χ4v) is 5.84. The lowest BCUT2D eigenvalue weighted by atomic mass is 10.1. The molecule has 2 heterocycles. The van der Waals surface area contributed by atoms with Crippen LogP contribution in [0.3, 0.4) is 0 Å². The molecule has 4 rings (SSSR count). The maximum atomic E-state index is 12.9. The zero-order valence-electron chi connectivity index (χ0n) is 18.4. The van der Waals surface area contributed by atoms with E-state index in [4.69, 9.17) is 0 Å². The maximum Gasteiger partial charge on any atom is 0.243 e. The van der Waals surface area contributed by atoms with E-state index in [-0.39, 0.29) is 17.2 Å². The molecule has 9 heteroatoms. The highest BCUT2D eigenvalue weighted by Gasteiger charge is 2.24. The maximum absolute atomic E-state index is 12.9. The molecule has 0 saturated heterocycles. The van der Waals surface area contributed by atoms with Gasteiger partial charge in [0.25, 0.3) is 0 Å². The number of anilines is 2. The van der Waals surface area contributed by atoms with E-state index in [9.17, 15) is 18.0 Å². The molecule has 1 amide bonds. The molecule has 1 N–H and O–H groups in total. The number of hydrogen-bond acceptors (Lipinski definition) is 6. The van der Waals surface area contributed by atoms with E-state index in [1.54, 1.807) is 11.3 Å². The highest BCUT2D eigenvalue weighted by Crippen LogP contribution is 2.32. The number of ketones is 1. The van der Waals surface area contributed by atoms with Crippen LogP contribution in [0.5, 0.6) is 0 Å². The molecule has 7 nitrogen and oxygen atoms in total. The van der Waals surface area contributed by atoms with Crippen molar-refractivity contribution in [3.8, 4) is 0 Å². The minimum absolute atomic E-state index is 0.0306. The Morgan fingerprint density at radius 3 is 2.55 bits per heavy atom. The standard InChI is InChI=1S/C24H25N3O4S2/c1-17(28)18-7-9-20(10-8-18)33(30,31)26(2)16-24(29)25-21-5-3-4-6-22(21)27-13-11-23-19(15-27)12-14-32-23/h3-10,12,14H,11,13,15-16H2,1-2H3,(H,25,29). The summed E-state index contributed by atoms with van der Waals surface area (Å²) in [5.41, 5.74) is 3.29. The van der Waals surface area contributed by atoms with E-state index >= 15 is 0 Å². The van der Waals surface area contributed by atoms with Gasteiger partial charge in [-0.15, -0.1) is 11.3 Å². The van der Waals surface area contributed by atoms with Crippen LogP contribution in [-0.4, -0.2) is 44.6 Å². The van der Waals surface area contributed by atoms with E-state index in [0.29, 0.717) is 11.3 Å². The number of nitrogens with one attached hydrogen (secondary N) is 1. The molecule has 0 radical (unpaired) electrons.